The molecular formula is C22H31FN6O. The Morgan fingerprint density at radius 1 is 1.17 bits per heavy atom. The molecule has 1 aromatic heterocycles. The third kappa shape index (κ3) is 6.59. The second-order valence-electron chi connectivity index (χ2n) is 7.50. The van der Waals surface area contributed by atoms with Crippen molar-refractivity contribution in [1.82, 2.24) is 20.5 Å². The van der Waals surface area contributed by atoms with Crippen LogP contribution in [0.3, 0.4) is 0 Å². The van der Waals surface area contributed by atoms with Gasteiger partial charge in [-0.05, 0) is 55.9 Å². The van der Waals surface area contributed by atoms with Crippen LogP contribution in [0.4, 0.5) is 10.2 Å². The quantitative estimate of drug-likeness (QED) is 0.534. The van der Waals surface area contributed by atoms with Gasteiger partial charge in [-0.15, -0.1) is 0 Å². The predicted molar refractivity (Wildman–Crippen MR) is 119 cm³/mol. The Hall–Kier alpha value is -2.87. The first kappa shape index (κ1) is 21.8. The minimum atomic E-state index is -0.273. The number of ether oxygens (including phenoxy) is 1. The van der Waals surface area contributed by atoms with Crippen molar-refractivity contribution in [2.75, 3.05) is 51.7 Å². The van der Waals surface area contributed by atoms with Crippen molar-refractivity contribution in [2.24, 2.45) is 4.99 Å². The van der Waals surface area contributed by atoms with Gasteiger partial charge in [-0.1, -0.05) is 0 Å². The highest BCUT2D eigenvalue weighted by Crippen LogP contribution is 2.15. The number of aliphatic imine (C=N–C) groups is 1. The first-order chi connectivity index (χ1) is 14.5. The van der Waals surface area contributed by atoms with E-state index in [1.54, 1.807) is 19.2 Å². The van der Waals surface area contributed by atoms with Crippen molar-refractivity contribution in [3.8, 4) is 5.75 Å². The van der Waals surface area contributed by atoms with E-state index >= 15 is 0 Å². The third-order valence-electron chi connectivity index (χ3n) is 5.03. The molecule has 3 rings (SSSR count). The molecule has 0 amide bonds. The van der Waals surface area contributed by atoms with Gasteiger partial charge in [0.05, 0.1) is 6.54 Å². The van der Waals surface area contributed by atoms with Gasteiger partial charge in [0.2, 0.25) is 0 Å². The minimum Gasteiger partial charge on any atom is -0.489 e. The summed E-state index contributed by atoms with van der Waals surface area (Å²) in [5.74, 6) is 2.08. The van der Waals surface area contributed by atoms with E-state index in [2.05, 4.69) is 43.5 Å². The van der Waals surface area contributed by atoms with E-state index in [-0.39, 0.29) is 11.9 Å². The second kappa shape index (κ2) is 10.8. The Bertz CT molecular complexity index is 821. The maximum absolute atomic E-state index is 13.0. The third-order valence-corrected chi connectivity index (χ3v) is 5.03. The summed E-state index contributed by atoms with van der Waals surface area (Å²) in [6.07, 6.45) is 1.76. The van der Waals surface area contributed by atoms with Crippen LogP contribution in [0.5, 0.6) is 5.75 Å². The molecule has 1 aliphatic rings. The van der Waals surface area contributed by atoms with Gasteiger partial charge in [0, 0.05) is 46.0 Å². The number of nitrogens with one attached hydrogen (secondary N) is 2. The number of aromatic nitrogens is 1. The summed E-state index contributed by atoms with van der Waals surface area (Å²) in [6, 6.07) is 10.2. The Kier molecular flexibility index (Phi) is 7.84. The van der Waals surface area contributed by atoms with Gasteiger partial charge < -0.3 is 25.2 Å². The van der Waals surface area contributed by atoms with Crippen LogP contribution in [0.25, 0.3) is 0 Å². The zero-order chi connectivity index (χ0) is 21.3. The molecule has 30 heavy (non-hydrogen) atoms. The molecule has 1 atom stereocenters. The Morgan fingerprint density at radius 2 is 1.90 bits per heavy atom. The number of nitrogens with zero attached hydrogens (tertiary/aromatic N) is 4. The van der Waals surface area contributed by atoms with Crippen molar-refractivity contribution in [2.45, 2.75) is 19.6 Å². The summed E-state index contributed by atoms with van der Waals surface area (Å²) in [5, 5.41) is 6.59. The monoisotopic (exact) mass is 414 g/mol. The van der Waals surface area contributed by atoms with Gasteiger partial charge in [0.15, 0.2) is 5.96 Å². The van der Waals surface area contributed by atoms with Crippen LogP contribution in [0.15, 0.2) is 47.6 Å². The average Bonchev–Trinajstić information content (AvgIpc) is 2.76. The molecule has 1 unspecified atom stereocenters. The van der Waals surface area contributed by atoms with Crippen LogP contribution in [-0.4, -0.2) is 68.8 Å². The van der Waals surface area contributed by atoms with Crippen molar-refractivity contribution in [1.29, 1.82) is 0 Å². The summed E-state index contributed by atoms with van der Waals surface area (Å²) < 4.78 is 18.8. The second-order valence-corrected chi connectivity index (χ2v) is 7.50. The van der Waals surface area contributed by atoms with Crippen LogP contribution >= 0.6 is 0 Å². The molecule has 0 aliphatic carbocycles. The van der Waals surface area contributed by atoms with Gasteiger partial charge >= 0.3 is 0 Å². The van der Waals surface area contributed by atoms with Crippen molar-refractivity contribution in [3.05, 3.63) is 54.0 Å². The average molecular weight is 415 g/mol. The van der Waals surface area contributed by atoms with E-state index in [1.165, 1.54) is 12.1 Å². The lowest BCUT2D eigenvalue weighted by Gasteiger charge is -2.33. The maximum Gasteiger partial charge on any atom is 0.191 e. The van der Waals surface area contributed by atoms with Crippen molar-refractivity contribution < 1.29 is 9.13 Å². The topological polar surface area (TPSA) is 65.0 Å². The predicted octanol–water partition coefficient (Wildman–Crippen LogP) is 2.10. The Labute approximate surface area is 178 Å². The number of rotatable bonds is 7. The number of hydrogen-bond acceptors (Lipinski definition) is 5. The van der Waals surface area contributed by atoms with Crippen LogP contribution < -0.4 is 20.3 Å². The summed E-state index contributed by atoms with van der Waals surface area (Å²) in [5.41, 5.74) is 1.15. The molecule has 0 saturated carbocycles. The van der Waals surface area contributed by atoms with Gasteiger partial charge in [-0.3, -0.25) is 4.99 Å². The number of halogens is 1. The number of guanidine groups is 1. The summed E-state index contributed by atoms with van der Waals surface area (Å²) >= 11 is 0. The molecule has 7 nitrogen and oxygen atoms in total. The summed E-state index contributed by atoms with van der Waals surface area (Å²) in [6.45, 7) is 7.27. The first-order valence-corrected chi connectivity index (χ1v) is 10.3. The van der Waals surface area contributed by atoms with Gasteiger partial charge in [-0.25, -0.2) is 9.37 Å². The zero-order valence-electron chi connectivity index (χ0n) is 17.9. The molecule has 1 saturated heterocycles. The number of hydrogen-bond donors (Lipinski definition) is 2. The Balaban J connectivity index is 1.46. The van der Waals surface area contributed by atoms with Crippen molar-refractivity contribution in [3.63, 3.8) is 0 Å². The van der Waals surface area contributed by atoms with E-state index in [0.717, 1.165) is 37.6 Å². The van der Waals surface area contributed by atoms with E-state index in [4.69, 9.17) is 4.74 Å². The number of anilines is 1. The van der Waals surface area contributed by atoms with Gasteiger partial charge in [0.1, 0.15) is 23.5 Å². The van der Waals surface area contributed by atoms with E-state index in [1.807, 2.05) is 19.2 Å². The summed E-state index contributed by atoms with van der Waals surface area (Å²) in [4.78, 5) is 13.5. The molecule has 1 fully saturated rings. The lowest BCUT2D eigenvalue weighted by Crippen LogP contribution is -2.44. The van der Waals surface area contributed by atoms with Crippen LogP contribution in [0.2, 0.25) is 0 Å². The highest BCUT2D eigenvalue weighted by atomic mass is 19.1. The number of piperazine rings is 1. The Morgan fingerprint density at radius 3 is 2.60 bits per heavy atom. The molecule has 2 N–H and O–H groups in total. The normalized spacial score (nSPS) is 16.3. The molecule has 1 aliphatic heterocycles. The van der Waals surface area contributed by atoms with E-state index in [0.29, 0.717) is 24.8 Å². The van der Waals surface area contributed by atoms with Gasteiger partial charge in [0.25, 0.3) is 0 Å². The number of benzene rings is 1. The minimum absolute atomic E-state index is 0.0984. The molecule has 0 bridgehead atoms. The zero-order valence-corrected chi connectivity index (χ0v) is 17.9. The fourth-order valence-corrected chi connectivity index (χ4v) is 3.21. The smallest absolute Gasteiger partial charge is 0.191 e. The van der Waals surface area contributed by atoms with Crippen LogP contribution in [0.1, 0.15) is 12.5 Å². The standard InChI is InChI=1S/C22H31FN6O/c1-17(30-20-6-4-19(23)5-7-20)15-26-22(24-2)27-16-18-8-9-25-21(14-18)29-12-10-28(3)11-13-29/h4-9,14,17H,10-13,15-16H2,1-3H3,(H2,24,26,27). The molecule has 2 aromatic rings. The van der Waals surface area contributed by atoms with Gasteiger partial charge in [-0.2, -0.15) is 0 Å². The van der Waals surface area contributed by atoms with E-state index in [9.17, 15) is 4.39 Å². The molecule has 162 valence electrons. The molecule has 0 spiro atoms. The summed E-state index contributed by atoms with van der Waals surface area (Å²) in [7, 11) is 3.89. The number of pyridine rings is 1. The largest absolute Gasteiger partial charge is 0.489 e. The van der Waals surface area contributed by atoms with E-state index < -0.39 is 0 Å². The molecule has 8 heteroatoms. The highest BCUT2D eigenvalue weighted by molar-refractivity contribution is 5.79. The molecular weight excluding hydrogens is 383 g/mol. The molecule has 0 radical (unpaired) electrons. The maximum atomic E-state index is 13.0. The highest BCUT2D eigenvalue weighted by Gasteiger charge is 2.15. The first-order valence-electron chi connectivity index (χ1n) is 10.3. The fourth-order valence-electron chi connectivity index (χ4n) is 3.21. The number of likely N-dealkylation sites (N-methyl/N-ethyl adjacent to an activating group) is 1. The fraction of sp³-hybridized carbons (Fsp3) is 0.455. The lowest BCUT2D eigenvalue weighted by atomic mass is 10.2. The SMILES string of the molecule is CN=C(NCc1ccnc(N2CCN(C)CC2)c1)NCC(C)Oc1ccc(F)cc1. The lowest BCUT2D eigenvalue weighted by molar-refractivity contribution is 0.223. The molecule has 2 heterocycles. The van der Waals surface area contributed by atoms with Crippen LogP contribution in [0, 0.1) is 5.82 Å². The van der Waals surface area contributed by atoms with Crippen molar-refractivity contribution >= 4 is 11.8 Å². The van der Waals surface area contributed by atoms with Crippen LogP contribution in [-0.2, 0) is 6.54 Å². The molecule has 1 aromatic carbocycles.